The van der Waals surface area contributed by atoms with Crippen LogP contribution in [-0.2, 0) is 23.2 Å². The molecule has 0 N–H and O–H groups in total. The molecule has 56 valence electrons. The molecule has 5 nitrogen and oxygen atoms in total. The fourth-order valence-electron chi connectivity index (χ4n) is 0.513. The van der Waals surface area contributed by atoms with Crippen LogP contribution in [0.15, 0.2) is 0 Å². The minimum absolute atomic E-state index is 0.0464. The zero-order chi connectivity index (χ0) is 7.56. The standard InChI is InChI=1S/C4H5O5P/c5-3-1-2-4(6)9-10(7)8-3/h10H,1-2H2. The van der Waals surface area contributed by atoms with Crippen molar-refractivity contribution in [3.05, 3.63) is 0 Å². The summed E-state index contributed by atoms with van der Waals surface area (Å²) in [4.78, 5) is 20.8. The van der Waals surface area contributed by atoms with Gasteiger partial charge in [-0.3, -0.25) is 9.59 Å². The summed E-state index contributed by atoms with van der Waals surface area (Å²) in [5.74, 6) is -1.29. The van der Waals surface area contributed by atoms with Gasteiger partial charge in [0.1, 0.15) is 0 Å². The Morgan fingerprint density at radius 3 is 1.90 bits per heavy atom. The van der Waals surface area contributed by atoms with Crippen LogP contribution in [0.5, 0.6) is 0 Å². The van der Waals surface area contributed by atoms with Crippen LogP contribution in [0.2, 0.25) is 0 Å². The first-order valence-electron chi connectivity index (χ1n) is 2.64. The third-order valence-corrected chi connectivity index (χ3v) is 1.72. The molecule has 10 heavy (non-hydrogen) atoms. The van der Waals surface area contributed by atoms with E-state index in [9.17, 15) is 14.2 Å². The topological polar surface area (TPSA) is 69.7 Å². The van der Waals surface area contributed by atoms with Crippen molar-refractivity contribution in [2.24, 2.45) is 0 Å². The van der Waals surface area contributed by atoms with E-state index in [0.717, 1.165) is 0 Å². The first-order valence-corrected chi connectivity index (χ1v) is 3.86. The molecule has 0 saturated carbocycles. The van der Waals surface area contributed by atoms with Crippen LogP contribution in [0.3, 0.4) is 0 Å². The summed E-state index contributed by atoms with van der Waals surface area (Å²) in [5.41, 5.74) is 0. The summed E-state index contributed by atoms with van der Waals surface area (Å²) in [6.45, 7) is 0. The summed E-state index contributed by atoms with van der Waals surface area (Å²) >= 11 is 0. The summed E-state index contributed by atoms with van der Waals surface area (Å²) < 4.78 is 18.7. The Kier molecular flexibility index (Phi) is 2.06. The lowest BCUT2D eigenvalue weighted by molar-refractivity contribution is -0.135. The van der Waals surface area contributed by atoms with Crippen LogP contribution in [0.25, 0.3) is 0 Å². The summed E-state index contributed by atoms with van der Waals surface area (Å²) in [6.07, 6.45) is -0.0928. The van der Waals surface area contributed by atoms with Crippen molar-refractivity contribution in [2.45, 2.75) is 12.8 Å². The molecular weight excluding hydrogens is 159 g/mol. The second-order valence-electron chi connectivity index (χ2n) is 1.70. The third kappa shape index (κ3) is 1.84. The molecule has 0 aromatic heterocycles. The van der Waals surface area contributed by atoms with E-state index in [2.05, 4.69) is 9.05 Å². The van der Waals surface area contributed by atoms with Crippen molar-refractivity contribution < 1.29 is 23.2 Å². The van der Waals surface area contributed by atoms with Crippen molar-refractivity contribution in [1.82, 2.24) is 0 Å². The molecule has 0 aromatic carbocycles. The number of carbonyl (C=O) groups excluding carboxylic acids is 2. The minimum Gasteiger partial charge on any atom is -0.385 e. The fourth-order valence-corrected chi connectivity index (χ4v) is 1.13. The van der Waals surface area contributed by atoms with E-state index in [1.165, 1.54) is 0 Å². The average Bonchev–Trinajstić information content (AvgIpc) is 1.93. The predicted octanol–water partition coefficient (Wildman–Crippen LogP) is 0.256. The lowest BCUT2D eigenvalue weighted by Gasteiger charge is -1.95. The number of rotatable bonds is 0. The van der Waals surface area contributed by atoms with Gasteiger partial charge in [-0.25, -0.2) is 4.57 Å². The predicted molar refractivity (Wildman–Crippen MR) is 30.4 cm³/mol. The largest absolute Gasteiger partial charge is 0.423 e. The lowest BCUT2D eigenvalue weighted by Crippen LogP contribution is -1.97. The van der Waals surface area contributed by atoms with Gasteiger partial charge in [0, 0.05) is 0 Å². The van der Waals surface area contributed by atoms with Gasteiger partial charge < -0.3 is 9.05 Å². The van der Waals surface area contributed by atoms with Gasteiger partial charge in [0.15, 0.2) is 0 Å². The normalized spacial score (nSPS) is 21.2. The highest BCUT2D eigenvalue weighted by molar-refractivity contribution is 7.34. The van der Waals surface area contributed by atoms with Gasteiger partial charge in [-0.1, -0.05) is 0 Å². The quantitative estimate of drug-likeness (QED) is 0.480. The second kappa shape index (κ2) is 2.84. The van der Waals surface area contributed by atoms with Gasteiger partial charge in [-0.2, -0.15) is 0 Å². The Bertz CT molecular complexity index is 178. The SMILES string of the molecule is O=C1CCC(=O)O[PH](=O)O1. The van der Waals surface area contributed by atoms with E-state index in [4.69, 9.17) is 0 Å². The van der Waals surface area contributed by atoms with Gasteiger partial charge in [0.25, 0.3) is 0 Å². The van der Waals surface area contributed by atoms with Crippen molar-refractivity contribution in [3.63, 3.8) is 0 Å². The Hall–Kier alpha value is -0.830. The zero-order valence-electron chi connectivity index (χ0n) is 4.96. The number of carbonyl (C=O) groups is 2. The maximum absolute atomic E-state index is 10.4. The molecule has 0 aliphatic carbocycles. The first kappa shape index (κ1) is 7.28. The highest BCUT2D eigenvalue weighted by Crippen LogP contribution is 2.28. The molecular formula is C4H5O5P. The maximum Gasteiger partial charge on any atom is 0.423 e. The first-order chi connectivity index (χ1) is 4.68. The Labute approximate surface area is 57.3 Å². The van der Waals surface area contributed by atoms with Crippen molar-refractivity contribution in [2.75, 3.05) is 0 Å². The van der Waals surface area contributed by atoms with Crippen molar-refractivity contribution in [3.8, 4) is 0 Å². The molecule has 0 unspecified atom stereocenters. The Morgan fingerprint density at radius 2 is 1.50 bits per heavy atom. The van der Waals surface area contributed by atoms with Crippen LogP contribution < -0.4 is 0 Å². The molecule has 1 saturated heterocycles. The van der Waals surface area contributed by atoms with Crippen LogP contribution in [0, 0.1) is 0 Å². The lowest BCUT2D eigenvalue weighted by atomic mass is 10.3. The van der Waals surface area contributed by atoms with Gasteiger partial charge in [-0.15, -0.1) is 0 Å². The molecule has 0 aromatic rings. The maximum atomic E-state index is 10.4. The fraction of sp³-hybridized carbons (Fsp3) is 0.500. The molecule has 1 aliphatic heterocycles. The molecule has 6 heteroatoms. The van der Waals surface area contributed by atoms with E-state index in [1.54, 1.807) is 0 Å². The van der Waals surface area contributed by atoms with E-state index < -0.39 is 20.2 Å². The second-order valence-corrected chi connectivity index (χ2v) is 2.61. The molecule has 0 spiro atoms. The summed E-state index contributed by atoms with van der Waals surface area (Å²) in [7, 11) is -2.88. The molecule has 1 heterocycles. The van der Waals surface area contributed by atoms with Gasteiger partial charge in [0.2, 0.25) is 0 Å². The smallest absolute Gasteiger partial charge is 0.385 e. The molecule has 0 radical (unpaired) electrons. The van der Waals surface area contributed by atoms with E-state index in [1.807, 2.05) is 0 Å². The van der Waals surface area contributed by atoms with E-state index in [0.29, 0.717) is 0 Å². The molecule has 1 fully saturated rings. The monoisotopic (exact) mass is 164 g/mol. The third-order valence-electron chi connectivity index (χ3n) is 0.928. The van der Waals surface area contributed by atoms with E-state index >= 15 is 0 Å². The van der Waals surface area contributed by atoms with Gasteiger partial charge in [0.05, 0.1) is 12.8 Å². The van der Waals surface area contributed by atoms with E-state index in [-0.39, 0.29) is 12.8 Å². The van der Waals surface area contributed by atoms with Gasteiger partial charge in [-0.05, 0) is 0 Å². The average molecular weight is 164 g/mol. The van der Waals surface area contributed by atoms with Crippen LogP contribution in [-0.4, -0.2) is 11.9 Å². The minimum atomic E-state index is -2.88. The van der Waals surface area contributed by atoms with Crippen LogP contribution in [0.4, 0.5) is 0 Å². The van der Waals surface area contributed by atoms with Crippen molar-refractivity contribution >= 4 is 20.2 Å². The van der Waals surface area contributed by atoms with Gasteiger partial charge >= 0.3 is 20.2 Å². The highest BCUT2D eigenvalue weighted by atomic mass is 31.1. The number of hydrogen-bond donors (Lipinski definition) is 0. The molecule has 0 atom stereocenters. The van der Waals surface area contributed by atoms with Crippen LogP contribution in [0.1, 0.15) is 12.8 Å². The summed E-state index contributed by atoms with van der Waals surface area (Å²) in [6, 6.07) is 0. The van der Waals surface area contributed by atoms with Crippen LogP contribution >= 0.6 is 8.25 Å². The molecule has 1 aliphatic rings. The summed E-state index contributed by atoms with van der Waals surface area (Å²) in [5, 5.41) is 0. The number of hydrogen-bond acceptors (Lipinski definition) is 5. The zero-order valence-corrected chi connectivity index (χ0v) is 5.96. The van der Waals surface area contributed by atoms with Crippen molar-refractivity contribution in [1.29, 1.82) is 0 Å². The molecule has 0 amide bonds. The Balaban J connectivity index is 2.63. The highest BCUT2D eigenvalue weighted by Gasteiger charge is 2.19. The molecule has 1 rings (SSSR count). The molecule has 0 bridgehead atoms. The Morgan fingerprint density at radius 1 is 1.10 bits per heavy atom.